The molecule has 0 spiro atoms. The first-order valence-electron chi connectivity index (χ1n) is 8.19. The summed E-state index contributed by atoms with van der Waals surface area (Å²) in [4.78, 5) is 30.0. The Kier molecular flexibility index (Phi) is 4.57. The number of likely N-dealkylation sites (N-methyl/N-ethyl adjacent to an activating group) is 1. The van der Waals surface area contributed by atoms with Crippen LogP contribution in [0.1, 0.15) is 29.8 Å². The molecule has 0 aliphatic carbocycles. The first-order valence-corrected chi connectivity index (χ1v) is 8.19. The highest BCUT2D eigenvalue weighted by Crippen LogP contribution is 2.40. The van der Waals surface area contributed by atoms with Crippen LogP contribution >= 0.6 is 0 Å². The molecule has 6 nitrogen and oxygen atoms in total. The fourth-order valence-electron chi connectivity index (χ4n) is 3.43. The van der Waals surface area contributed by atoms with Gasteiger partial charge in [-0.25, -0.2) is 0 Å². The lowest BCUT2D eigenvalue weighted by molar-refractivity contribution is -0.141. The van der Waals surface area contributed by atoms with Crippen LogP contribution < -0.4 is 0 Å². The molecule has 0 N–H and O–H groups in total. The van der Waals surface area contributed by atoms with Gasteiger partial charge < -0.3 is 4.90 Å². The minimum atomic E-state index is -0.747. The first kappa shape index (κ1) is 16.5. The van der Waals surface area contributed by atoms with Crippen molar-refractivity contribution >= 4 is 5.91 Å². The van der Waals surface area contributed by atoms with E-state index in [1.54, 1.807) is 37.6 Å². The average Bonchev–Trinajstić information content (AvgIpc) is 3.01. The fraction of sp³-hybridized carbons (Fsp3) is 0.444. The Morgan fingerprint density at radius 1 is 1.25 bits per heavy atom. The van der Waals surface area contributed by atoms with E-state index in [4.69, 9.17) is 0 Å². The van der Waals surface area contributed by atoms with Crippen LogP contribution in [0.25, 0.3) is 0 Å². The third kappa shape index (κ3) is 2.89. The van der Waals surface area contributed by atoms with Gasteiger partial charge >= 0.3 is 0 Å². The lowest BCUT2D eigenvalue weighted by Crippen LogP contribution is -2.52. The standard InChI is InChI=1S/C18H23N5O/c1-14-5-6-15(11-21-14)13-23-10-4-7-18(23,17(24)22(2)3)16-12-19-8-9-20-16/h5-6,8-9,11-12H,4,7,10,13H2,1-3H3/t18-/m1/s1. The van der Waals surface area contributed by atoms with E-state index in [9.17, 15) is 4.79 Å². The summed E-state index contributed by atoms with van der Waals surface area (Å²) in [5.41, 5.74) is 2.07. The van der Waals surface area contributed by atoms with Crippen LogP contribution in [0, 0.1) is 6.92 Å². The number of carbonyl (C=O) groups is 1. The van der Waals surface area contributed by atoms with Gasteiger partial charge in [0.05, 0.1) is 11.9 Å². The number of rotatable bonds is 4. The normalized spacial score (nSPS) is 21.0. The largest absolute Gasteiger partial charge is 0.347 e. The molecule has 3 rings (SSSR count). The molecule has 1 atom stereocenters. The smallest absolute Gasteiger partial charge is 0.248 e. The predicted octanol–water partition coefficient (Wildman–Crippen LogP) is 1.76. The highest BCUT2D eigenvalue weighted by Gasteiger charge is 2.50. The Balaban J connectivity index is 2.00. The van der Waals surface area contributed by atoms with Crippen molar-refractivity contribution in [1.82, 2.24) is 24.8 Å². The quantitative estimate of drug-likeness (QED) is 0.857. The van der Waals surface area contributed by atoms with Crippen molar-refractivity contribution in [3.05, 3.63) is 53.9 Å². The van der Waals surface area contributed by atoms with Gasteiger partial charge in [-0.05, 0) is 37.9 Å². The van der Waals surface area contributed by atoms with Crippen molar-refractivity contribution in [3.63, 3.8) is 0 Å². The molecule has 1 amide bonds. The molecule has 0 radical (unpaired) electrons. The molecule has 0 aromatic carbocycles. The Morgan fingerprint density at radius 3 is 2.71 bits per heavy atom. The minimum absolute atomic E-state index is 0.0561. The maximum Gasteiger partial charge on any atom is 0.248 e. The van der Waals surface area contributed by atoms with Crippen molar-refractivity contribution in [2.45, 2.75) is 31.8 Å². The highest BCUT2D eigenvalue weighted by atomic mass is 16.2. The van der Waals surface area contributed by atoms with E-state index < -0.39 is 5.54 Å². The summed E-state index contributed by atoms with van der Waals surface area (Å²) in [5, 5.41) is 0. The summed E-state index contributed by atoms with van der Waals surface area (Å²) in [6.45, 7) is 3.49. The molecule has 1 fully saturated rings. The summed E-state index contributed by atoms with van der Waals surface area (Å²) in [5.74, 6) is 0.0561. The topological polar surface area (TPSA) is 62.2 Å². The number of nitrogens with zero attached hydrogens (tertiary/aromatic N) is 5. The van der Waals surface area contributed by atoms with E-state index in [1.807, 2.05) is 19.2 Å². The Hall–Kier alpha value is -2.34. The van der Waals surface area contributed by atoms with Crippen molar-refractivity contribution in [2.24, 2.45) is 0 Å². The van der Waals surface area contributed by atoms with Gasteiger partial charge in [0.2, 0.25) is 5.91 Å². The van der Waals surface area contributed by atoms with Crippen LogP contribution in [-0.2, 0) is 16.9 Å². The number of likely N-dealkylation sites (tertiary alicyclic amines) is 1. The summed E-state index contributed by atoms with van der Waals surface area (Å²) in [6, 6.07) is 4.07. The van der Waals surface area contributed by atoms with Crippen molar-refractivity contribution < 1.29 is 4.79 Å². The molecule has 6 heteroatoms. The van der Waals surface area contributed by atoms with Crippen molar-refractivity contribution in [1.29, 1.82) is 0 Å². The number of aryl methyl sites for hydroxylation is 1. The zero-order chi connectivity index (χ0) is 17.2. The zero-order valence-electron chi connectivity index (χ0n) is 14.4. The minimum Gasteiger partial charge on any atom is -0.347 e. The Bertz CT molecular complexity index is 701. The fourth-order valence-corrected chi connectivity index (χ4v) is 3.43. The Labute approximate surface area is 142 Å². The molecule has 2 aromatic heterocycles. The second-order valence-corrected chi connectivity index (χ2v) is 6.48. The molecule has 0 unspecified atom stereocenters. The molecule has 0 saturated carbocycles. The summed E-state index contributed by atoms with van der Waals surface area (Å²) in [6.07, 6.45) is 8.60. The van der Waals surface area contributed by atoms with Gasteiger partial charge in [0.15, 0.2) is 0 Å². The molecule has 0 bridgehead atoms. The van der Waals surface area contributed by atoms with Crippen LogP contribution in [-0.4, -0.2) is 51.3 Å². The van der Waals surface area contributed by atoms with Gasteiger partial charge in [-0.2, -0.15) is 0 Å². The van der Waals surface area contributed by atoms with E-state index in [0.29, 0.717) is 6.54 Å². The molecule has 2 aromatic rings. The predicted molar refractivity (Wildman–Crippen MR) is 91.0 cm³/mol. The highest BCUT2D eigenvalue weighted by molar-refractivity contribution is 5.87. The van der Waals surface area contributed by atoms with E-state index in [-0.39, 0.29) is 5.91 Å². The maximum absolute atomic E-state index is 13.1. The van der Waals surface area contributed by atoms with Crippen LogP contribution in [0.5, 0.6) is 0 Å². The SMILES string of the molecule is Cc1ccc(CN2CCC[C@]2(C(=O)N(C)C)c2cnccn2)cn1. The third-order valence-corrected chi connectivity index (χ3v) is 4.60. The van der Waals surface area contributed by atoms with Gasteiger partial charge in [-0.15, -0.1) is 0 Å². The number of hydrogen-bond donors (Lipinski definition) is 0. The average molecular weight is 325 g/mol. The van der Waals surface area contributed by atoms with Gasteiger partial charge in [-0.1, -0.05) is 6.07 Å². The third-order valence-electron chi connectivity index (χ3n) is 4.60. The van der Waals surface area contributed by atoms with E-state index in [1.165, 1.54) is 0 Å². The number of amides is 1. The Morgan fingerprint density at radius 2 is 2.08 bits per heavy atom. The van der Waals surface area contributed by atoms with Crippen LogP contribution in [0.15, 0.2) is 36.9 Å². The lowest BCUT2D eigenvalue weighted by Gasteiger charge is -2.38. The summed E-state index contributed by atoms with van der Waals surface area (Å²) in [7, 11) is 3.59. The number of hydrogen-bond acceptors (Lipinski definition) is 5. The zero-order valence-corrected chi connectivity index (χ0v) is 14.4. The molecule has 24 heavy (non-hydrogen) atoms. The molecule has 1 saturated heterocycles. The summed E-state index contributed by atoms with van der Waals surface area (Å²) >= 11 is 0. The monoisotopic (exact) mass is 325 g/mol. The van der Waals surface area contributed by atoms with Crippen molar-refractivity contribution in [3.8, 4) is 0 Å². The van der Waals surface area contributed by atoms with Crippen LogP contribution in [0.2, 0.25) is 0 Å². The van der Waals surface area contributed by atoms with Crippen LogP contribution in [0.4, 0.5) is 0 Å². The number of carbonyl (C=O) groups excluding carboxylic acids is 1. The molecular formula is C18H23N5O. The molecule has 1 aliphatic rings. The van der Waals surface area contributed by atoms with Crippen LogP contribution in [0.3, 0.4) is 0 Å². The summed E-state index contributed by atoms with van der Waals surface area (Å²) < 4.78 is 0. The lowest BCUT2D eigenvalue weighted by atomic mass is 9.90. The molecule has 126 valence electrons. The second kappa shape index (κ2) is 6.65. The molecule has 3 heterocycles. The van der Waals surface area contributed by atoms with Gasteiger partial charge in [0.1, 0.15) is 5.54 Å². The van der Waals surface area contributed by atoms with Crippen molar-refractivity contribution in [2.75, 3.05) is 20.6 Å². The molecule has 1 aliphatic heterocycles. The number of aromatic nitrogens is 3. The van der Waals surface area contributed by atoms with E-state index in [2.05, 4.69) is 25.9 Å². The molecular weight excluding hydrogens is 302 g/mol. The second-order valence-electron chi connectivity index (χ2n) is 6.48. The van der Waals surface area contributed by atoms with E-state index in [0.717, 1.165) is 36.3 Å². The maximum atomic E-state index is 13.1. The van der Waals surface area contributed by atoms with Gasteiger partial charge in [-0.3, -0.25) is 24.6 Å². The first-order chi connectivity index (χ1) is 11.5. The number of pyridine rings is 1. The van der Waals surface area contributed by atoms with E-state index >= 15 is 0 Å². The van der Waals surface area contributed by atoms with Gasteiger partial charge in [0.25, 0.3) is 0 Å². The van der Waals surface area contributed by atoms with Gasteiger partial charge in [0, 0.05) is 44.9 Å².